The van der Waals surface area contributed by atoms with Crippen molar-refractivity contribution in [2.24, 2.45) is 11.7 Å². The summed E-state index contributed by atoms with van der Waals surface area (Å²) in [6, 6.07) is 10.3. The summed E-state index contributed by atoms with van der Waals surface area (Å²) in [6.07, 6.45) is 0. The minimum atomic E-state index is 0.0757. The van der Waals surface area contributed by atoms with E-state index >= 15 is 0 Å². The Morgan fingerprint density at radius 1 is 1.32 bits per heavy atom. The molecule has 3 nitrogen and oxygen atoms in total. The fourth-order valence-corrected chi connectivity index (χ4v) is 2.76. The van der Waals surface area contributed by atoms with Crippen LogP contribution in [-0.4, -0.2) is 11.5 Å². The quantitative estimate of drug-likeness (QED) is 0.852. The monoisotopic (exact) mass is 275 g/mol. The molecule has 1 aromatic carbocycles. The van der Waals surface area contributed by atoms with Gasteiger partial charge in [-0.05, 0) is 24.9 Å². The van der Waals surface area contributed by atoms with Crippen LogP contribution in [-0.2, 0) is 6.54 Å². The number of rotatable bonds is 6. The summed E-state index contributed by atoms with van der Waals surface area (Å²) < 4.78 is 0. The largest absolute Gasteiger partial charge is 0.324 e. The van der Waals surface area contributed by atoms with Crippen LogP contribution in [0.15, 0.2) is 35.7 Å². The van der Waals surface area contributed by atoms with Crippen molar-refractivity contribution in [1.82, 2.24) is 10.3 Å². The molecule has 102 valence electrons. The third kappa shape index (κ3) is 4.13. The molecule has 2 atom stereocenters. The van der Waals surface area contributed by atoms with Crippen LogP contribution in [0.2, 0.25) is 0 Å². The van der Waals surface area contributed by atoms with Crippen molar-refractivity contribution in [3.05, 3.63) is 52.0 Å². The van der Waals surface area contributed by atoms with Crippen LogP contribution in [0.4, 0.5) is 0 Å². The van der Waals surface area contributed by atoms with Gasteiger partial charge in [0.15, 0.2) is 0 Å². The van der Waals surface area contributed by atoms with Crippen LogP contribution in [0.3, 0.4) is 0 Å². The SMILES string of the molecule is Cc1csc(CNCC(C)C(N)c2ccccc2)n1. The molecule has 0 fully saturated rings. The van der Waals surface area contributed by atoms with Gasteiger partial charge in [-0.1, -0.05) is 37.3 Å². The lowest BCUT2D eigenvalue weighted by Gasteiger charge is -2.20. The molecular formula is C15H21N3S. The minimum Gasteiger partial charge on any atom is -0.324 e. The average molecular weight is 275 g/mol. The van der Waals surface area contributed by atoms with Gasteiger partial charge in [-0.2, -0.15) is 0 Å². The van der Waals surface area contributed by atoms with Crippen molar-refractivity contribution >= 4 is 11.3 Å². The molecule has 0 saturated heterocycles. The number of aromatic nitrogens is 1. The van der Waals surface area contributed by atoms with Gasteiger partial charge in [0.05, 0.1) is 0 Å². The zero-order valence-electron chi connectivity index (χ0n) is 11.5. The zero-order valence-corrected chi connectivity index (χ0v) is 12.3. The molecule has 0 spiro atoms. The Balaban J connectivity index is 1.79. The first kappa shape index (κ1) is 14.2. The highest BCUT2D eigenvalue weighted by Gasteiger charge is 2.14. The maximum Gasteiger partial charge on any atom is 0.107 e. The molecule has 1 heterocycles. The second-order valence-corrected chi connectivity index (χ2v) is 5.87. The Morgan fingerprint density at radius 2 is 2.05 bits per heavy atom. The topological polar surface area (TPSA) is 50.9 Å². The Bertz CT molecular complexity index is 495. The van der Waals surface area contributed by atoms with Gasteiger partial charge in [0, 0.05) is 23.7 Å². The maximum absolute atomic E-state index is 6.27. The molecule has 2 unspecified atom stereocenters. The van der Waals surface area contributed by atoms with Crippen molar-refractivity contribution < 1.29 is 0 Å². The highest BCUT2D eigenvalue weighted by molar-refractivity contribution is 7.09. The summed E-state index contributed by atoms with van der Waals surface area (Å²) in [5, 5.41) is 6.65. The first-order valence-electron chi connectivity index (χ1n) is 6.59. The number of hydrogen-bond acceptors (Lipinski definition) is 4. The number of aryl methyl sites for hydroxylation is 1. The molecule has 0 amide bonds. The number of nitrogens with two attached hydrogens (primary N) is 1. The first-order valence-corrected chi connectivity index (χ1v) is 7.47. The van der Waals surface area contributed by atoms with Crippen LogP contribution in [0.1, 0.15) is 29.2 Å². The Labute approximate surface area is 118 Å². The molecule has 0 radical (unpaired) electrons. The Kier molecular flexibility index (Phi) is 5.07. The number of nitrogens with one attached hydrogen (secondary N) is 1. The van der Waals surface area contributed by atoms with Gasteiger partial charge in [-0.25, -0.2) is 4.98 Å². The van der Waals surface area contributed by atoms with Crippen molar-refractivity contribution in [2.75, 3.05) is 6.54 Å². The van der Waals surface area contributed by atoms with Crippen molar-refractivity contribution in [3.8, 4) is 0 Å². The van der Waals surface area contributed by atoms with E-state index in [9.17, 15) is 0 Å². The van der Waals surface area contributed by atoms with Crippen LogP contribution in [0.5, 0.6) is 0 Å². The standard InChI is InChI=1S/C15H21N3S/c1-11(15(16)13-6-4-3-5-7-13)8-17-9-14-18-12(2)10-19-14/h3-7,10-11,15,17H,8-9,16H2,1-2H3. The summed E-state index contributed by atoms with van der Waals surface area (Å²) in [5.41, 5.74) is 8.56. The van der Waals surface area contributed by atoms with Gasteiger partial charge in [0.25, 0.3) is 0 Å². The number of thiazole rings is 1. The van der Waals surface area contributed by atoms with Crippen LogP contribution in [0.25, 0.3) is 0 Å². The van der Waals surface area contributed by atoms with E-state index in [0.29, 0.717) is 5.92 Å². The minimum absolute atomic E-state index is 0.0757. The van der Waals surface area contributed by atoms with E-state index in [2.05, 4.69) is 34.7 Å². The Hall–Kier alpha value is -1.23. The third-order valence-electron chi connectivity index (χ3n) is 3.21. The molecule has 4 heteroatoms. The normalized spacial score (nSPS) is 14.3. The lowest BCUT2D eigenvalue weighted by atomic mass is 9.95. The predicted molar refractivity (Wildman–Crippen MR) is 81.1 cm³/mol. The fourth-order valence-electron chi connectivity index (χ4n) is 2.02. The molecular weight excluding hydrogens is 254 g/mol. The molecule has 0 aliphatic carbocycles. The van der Waals surface area contributed by atoms with E-state index in [4.69, 9.17) is 5.73 Å². The van der Waals surface area contributed by atoms with Gasteiger partial charge in [0.1, 0.15) is 5.01 Å². The van der Waals surface area contributed by atoms with Crippen molar-refractivity contribution in [2.45, 2.75) is 26.4 Å². The molecule has 2 aromatic rings. The molecule has 0 bridgehead atoms. The molecule has 2 rings (SSSR count). The highest BCUT2D eigenvalue weighted by atomic mass is 32.1. The highest BCUT2D eigenvalue weighted by Crippen LogP contribution is 2.18. The van der Waals surface area contributed by atoms with Gasteiger partial charge >= 0.3 is 0 Å². The molecule has 19 heavy (non-hydrogen) atoms. The number of hydrogen-bond donors (Lipinski definition) is 2. The van der Waals surface area contributed by atoms with Crippen LogP contribution < -0.4 is 11.1 Å². The Morgan fingerprint density at radius 3 is 2.68 bits per heavy atom. The number of benzene rings is 1. The maximum atomic E-state index is 6.27. The molecule has 0 saturated carbocycles. The van der Waals surface area contributed by atoms with Crippen molar-refractivity contribution in [1.29, 1.82) is 0 Å². The second-order valence-electron chi connectivity index (χ2n) is 4.93. The summed E-state index contributed by atoms with van der Waals surface area (Å²) in [5.74, 6) is 0.392. The second kappa shape index (κ2) is 6.80. The summed E-state index contributed by atoms with van der Waals surface area (Å²) in [6.45, 7) is 5.92. The van der Waals surface area contributed by atoms with E-state index < -0.39 is 0 Å². The fraction of sp³-hybridized carbons (Fsp3) is 0.400. The van der Waals surface area contributed by atoms with E-state index in [1.165, 1.54) is 5.56 Å². The summed E-state index contributed by atoms with van der Waals surface area (Å²) in [4.78, 5) is 4.44. The molecule has 3 N–H and O–H groups in total. The molecule has 0 aliphatic heterocycles. The summed E-state index contributed by atoms with van der Waals surface area (Å²) in [7, 11) is 0. The van der Waals surface area contributed by atoms with Crippen LogP contribution >= 0.6 is 11.3 Å². The third-order valence-corrected chi connectivity index (χ3v) is 4.17. The van der Waals surface area contributed by atoms with Crippen molar-refractivity contribution in [3.63, 3.8) is 0 Å². The van der Waals surface area contributed by atoms with E-state index in [-0.39, 0.29) is 6.04 Å². The van der Waals surface area contributed by atoms with Gasteiger partial charge < -0.3 is 11.1 Å². The van der Waals surface area contributed by atoms with Gasteiger partial charge in [0.2, 0.25) is 0 Å². The first-order chi connectivity index (χ1) is 9.16. The molecule has 1 aromatic heterocycles. The van der Waals surface area contributed by atoms with Crippen LogP contribution in [0, 0.1) is 12.8 Å². The predicted octanol–water partition coefficient (Wildman–Crippen LogP) is 2.88. The number of nitrogens with zero attached hydrogens (tertiary/aromatic N) is 1. The smallest absolute Gasteiger partial charge is 0.107 e. The average Bonchev–Trinajstić information content (AvgIpc) is 2.84. The van der Waals surface area contributed by atoms with Gasteiger partial charge in [-0.3, -0.25) is 0 Å². The van der Waals surface area contributed by atoms with E-state index in [1.807, 2.05) is 25.1 Å². The van der Waals surface area contributed by atoms with E-state index in [1.54, 1.807) is 11.3 Å². The van der Waals surface area contributed by atoms with E-state index in [0.717, 1.165) is 23.8 Å². The molecule has 0 aliphatic rings. The zero-order chi connectivity index (χ0) is 13.7. The lowest BCUT2D eigenvalue weighted by molar-refractivity contribution is 0.434. The summed E-state index contributed by atoms with van der Waals surface area (Å²) >= 11 is 1.70. The van der Waals surface area contributed by atoms with Gasteiger partial charge in [-0.15, -0.1) is 11.3 Å². The lowest BCUT2D eigenvalue weighted by Crippen LogP contribution is -2.29.